The van der Waals surface area contributed by atoms with Gasteiger partial charge < -0.3 is 20.4 Å². The highest BCUT2D eigenvalue weighted by Gasteiger charge is 2.44. The summed E-state index contributed by atoms with van der Waals surface area (Å²) >= 11 is 0. The van der Waals surface area contributed by atoms with Crippen LogP contribution in [0.4, 0.5) is 0 Å². The van der Waals surface area contributed by atoms with Crippen LogP contribution in [-0.4, -0.2) is 44.7 Å². The lowest BCUT2D eigenvalue weighted by molar-refractivity contribution is -0.158. The Balaban J connectivity index is 2.66. The third kappa shape index (κ3) is 1.74. The Bertz CT molecular complexity index is 169. The Hall–Kier alpha value is -0.650. The molecule has 5 heteroatoms. The number of carbonyl (C=O) groups is 1. The third-order valence-electron chi connectivity index (χ3n) is 2.16. The highest BCUT2D eigenvalue weighted by atomic mass is 16.4. The molecule has 1 aliphatic carbocycles. The fraction of sp³-hybridized carbons (Fsp3) is 0.857. The van der Waals surface area contributed by atoms with Crippen molar-refractivity contribution >= 4 is 5.97 Å². The van der Waals surface area contributed by atoms with Gasteiger partial charge in [0.05, 0.1) is 18.3 Å². The Labute approximate surface area is 69.3 Å². The molecule has 0 aromatic rings. The van der Waals surface area contributed by atoms with Crippen LogP contribution < -0.4 is 0 Å². The normalized spacial score (nSPS) is 42.6. The minimum absolute atomic E-state index is 0.0619. The molecular weight excluding hydrogens is 164 g/mol. The van der Waals surface area contributed by atoms with Crippen LogP contribution in [0, 0.1) is 5.92 Å². The molecule has 70 valence electrons. The fourth-order valence-corrected chi connectivity index (χ4v) is 1.55. The molecule has 0 aliphatic heterocycles. The van der Waals surface area contributed by atoms with Crippen LogP contribution >= 0.6 is 0 Å². The summed E-state index contributed by atoms with van der Waals surface area (Å²) in [6, 6.07) is 0. The average molecular weight is 177 g/mol. The summed E-state index contributed by atoms with van der Waals surface area (Å²) in [5.74, 6) is -2.02. The highest BCUT2D eigenvalue weighted by Crippen LogP contribution is 2.25. The molecule has 0 amide bonds. The largest absolute Gasteiger partial charge is 0.564 e. The quantitative estimate of drug-likeness (QED) is 0.393. The first-order valence-corrected chi connectivity index (χ1v) is 3.82. The highest BCUT2D eigenvalue weighted by molar-refractivity contribution is 5.71. The smallest absolute Gasteiger partial charge is 0.524 e. The van der Waals surface area contributed by atoms with Gasteiger partial charge in [0.1, 0.15) is 0 Å². The maximum Gasteiger partial charge on any atom is 0.524 e. The van der Waals surface area contributed by atoms with Crippen molar-refractivity contribution in [2.45, 2.75) is 31.2 Å². The van der Waals surface area contributed by atoms with Gasteiger partial charge in [-0.2, -0.15) is 0 Å². The van der Waals surface area contributed by atoms with Gasteiger partial charge in [0.2, 0.25) is 0 Å². The molecule has 5 N–H and O–H groups in total. The molecule has 2 unspecified atom stereocenters. The van der Waals surface area contributed by atoms with E-state index in [9.17, 15) is 15.0 Å². The lowest BCUT2D eigenvalue weighted by Gasteiger charge is -2.29. The van der Waals surface area contributed by atoms with Crippen molar-refractivity contribution in [3.8, 4) is 0 Å². The predicted octanol–water partition coefficient (Wildman–Crippen LogP) is -2.27. The summed E-state index contributed by atoms with van der Waals surface area (Å²) in [5, 5.41) is 34.3. The average Bonchev–Trinajstić information content (AvgIpc) is 1.82. The first-order chi connectivity index (χ1) is 5.52. The van der Waals surface area contributed by atoms with Gasteiger partial charge in [-0.1, -0.05) is 0 Å². The van der Waals surface area contributed by atoms with E-state index in [4.69, 9.17) is 10.2 Å². The summed E-state index contributed by atoms with van der Waals surface area (Å²) in [4.78, 5) is 10.6. The molecule has 0 spiro atoms. The van der Waals surface area contributed by atoms with Crippen molar-refractivity contribution in [2.24, 2.45) is 5.92 Å². The number of hydrogen-bond acceptors (Lipinski definition) is 4. The van der Waals surface area contributed by atoms with Crippen LogP contribution in [0.25, 0.3) is 0 Å². The Kier molecular flexibility index (Phi) is 2.66. The second-order valence-electron chi connectivity index (χ2n) is 3.15. The first-order valence-electron chi connectivity index (χ1n) is 3.82. The second-order valence-corrected chi connectivity index (χ2v) is 3.15. The summed E-state index contributed by atoms with van der Waals surface area (Å²) in [5.41, 5.74) is 0. The first kappa shape index (κ1) is 9.44. The number of aliphatic hydroxyl groups excluding tert-OH is 3. The van der Waals surface area contributed by atoms with E-state index in [1.807, 2.05) is 0 Å². The molecule has 0 aromatic heterocycles. The maximum atomic E-state index is 10.6. The van der Waals surface area contributed by atoms with Crippen molar-refractivity contribution in [3.63, 3.8) is 0 Å². The lowest BCUT2D eigenvalue weighted by Crippen LogP contribution is -2.46. The van der Waals surface area contributed by atoms with Crippen LogP contribution in [0.3, 0.4) is 0 Å². The van der Waals surface area contributed by atoms with E-state index >= 15 is 0 Å². The van der Waals surface area contributed by atoms with E-state index < -0.39 is 30.2 Å². The topological polar surface area (TPSA) is 101 Å². The summed E-state index contributed by atoms with van der Waals surface area (Å²) < 4.78 is 0. The molecule has 1 fully saturated rings. The van der Waals surface area contributed by atoms with Gasteiger partial charge in [-0.25, -0.2) is 0 Å². The minimum Gasteiger partial charge on any atom is -0.564 e. The van der Waals surface area contributed by atoms with Gasteiger partial charge in [0.15, 0.2) is 5.92 Å². The molecule has 0 saturated heterocycles. The molecule has 2 atom stereocenters. The number of hydrogen-bond donors (Lipinski definition) is 3. The second kappa shape index (κ2) is 3.38. The van der Waals surface area contributed by atoms with Crippen LogP contribution in [-0.2, 0) is 4.79 Å². The van der Waals surface area contributed by atoms with Crippen LogP contribution in [0.2, 0.25) is 0 Å². The van der Waals surface area contributed by atoms with Gasteiger partial charge >= 0.3 is 5.97 Å². The zero-order chi connectivity index (χ0) is 9.30. The summed E-state index contributed by atoms with van der Waals surface area (Å²) in [6.45, 7) is 0. The van der Waals surface area contributed by atoms with Gasteiger partial charge in [-0.15, -0.1) is 0 Å². The van der Waals surface area contributed by atoms with Crippen molar-refractivity contribution in [1.82, 2.24) is 0 Å². The molecule has 0 aromatic carbocycles. The number of carbonyl (C=O) groups excluding carboxylic acids is 1. The van der Waals surface area contributed by atoms with Crippen molar-refractivity contribution in [3.05, 3.63) is 0 Å². The van der Waals surface area contributed by atoms with E-state index in [1.54, 1.807) is 0 Å². The van der Waals surface area contributed by atoms with E-state index in [0.717, 1.165) is 0 Å². The Morgan fingerprint density at radius 1 is 1.17 bits per heavy atom. The van der Waals surface area contributed by atoms with Crippen LogP contribution in [0.1, 0.15) is 12.8 Å². The number of aliphatic hydroxyl groups is 3. The Morgan fingerprint density at radius 2 is 1.58 bits per heavy atom. The van der Waals surface area contributed by atoms with Gasteiger partial charge in [-0.05, 0) is 0 Å². The van der Waals surface area contributed by atoms with E-state index in [1.165, 1.54) is 0 Å². The van der Waals surface area contributed by atoms with Gasteiger partial charge in [0, 0.05) is 17.6 Å². The Morgan fingerprint density at radius 3 is 1.92 bits per heavy atom. The summed E-state index contributed by atoms with van der Waals surface area (Å²) in [6.07, 6.45) is -2.83. The SMILES string of the molecule is O=C([OH2+])C1C(O)CC(O)CC1O. The monoisotopic (exact) mass is 177 g/mol. The molecule has 1 saturated carbocycles. The van der Waals surface area contributed by atoms with Crippen molar-refractivity contribution in [2.75, 3.05) is 0 Å². The molecule has 1 rings (SSSR count). The standard InChI is InChI=1S/C7H12O5/c8-3-1-4(9)6(7(11)12)5(10)2-3/h3-6,8-10H,1-2H2,(H,11,12)/p+1. The molecule has 0 bridgehead atoms. The van der Waals surface area contributed by atoms with Crippen molar-refractivity contribution < 1.29 is 25.2 Å². The maximum absolute atomic E-state index is 10.6. The third-order valence-corrected chi connectivity index (χ3v) is 2.16. The summed E-state index contributed by atoms with van der Waals surface area (Å²) in [7, 11) is 0. The molecule has 5 nitrogen and oxygen atoms in total. The number of rotatable bonds is 1. The molecular formula is C7H13O5+. The fourth-order valence-electron chi connectivity index (χ4n) is 1.55. The van der Waals surface area contributed by atoms with E-state index in [-0.39, 0.29) is 12.8 Å². The molecule has 12 heavy (non-hydrogen) atoms. The van der Waals surface area contributed by atoms with Gasteiger partial charge in [-0.3, -0.25) is 0 Å². The van der Waals surface area contributed by atoms with Crippen molar-refractivity contribution in [1.29, 1.82) is 0 Å². The predicted molar refractivity (Wildman–Crippen MR) is 39.4 cm³/mol. The zero-order valence-corrected chi connectivity index (χ0v) is 6.47. The molecule has 0 heterocycles. The van der Waals surface area contributed by atoms with Crippen LogP contribution in [0.5, 0.6) is 0 Å². The molecule has 0 radical (unpaired) electrons. The van der Waals surface area contributed by atoms with Gasteiger partial charge in [0.25, 0.3) is 0 Å². The minimum atomic E-state index is -1.09. The lowest BCUT2D eigenvalue weighted by atomic mass is 9.82. The molecule has 1 aliphatic rings. The van der Waals surface area contributed by atoms with E-state index in [2.05, 4.69) is 0 Å². The van der Waals surface area contributed by atoms with E-state index in [0.29, 0.717) is 0 Å². The zero-order valence-electron chi connectivity index (χ0n) is 6.47. The van der Waals surface area contributed by atoms with Crippen LogP contribution in [0.15, 0.2) is 0 Å².